The number of ether oxygens (including phenoxy) is 1. The Bertz CT molecular complexity index is 504. The van der Waals surface area contributed by atoms with Crippen LogP contribution < -0.4 is 10.5 Å². The van der Waals surface area contributed by atoms with Crippen LogP contribution in [0, 0.1) is 16.0 Å². The summed E-state index contributed by atoms with van der Waals surface area (Å²) in [5.74, 6) is 1.20. The minimum absolute atomic E-state index is 0.0630. The predicted octanol–water partition coefficient (Wildman–Crippen LogP) is 3.05. The van der Waals surface area contributed by atoms with Crippen LogP contribution in [-0.2, 0) is 6.42 Å². The van der Waals surface area contributed by atoms with E-state index in [0.29, 0.717) is 18.1 Å². The molecule has 0 radical (unpaired) electrons. The third-order valence-corrected chi connectivity index (χ3v) is 4.28. The van der Waals surface area contributed by atoms with Crippen LogP contribution in [0.2, 0.25) is 0 Å². The molecular weight excluding hydrogens is 256 g/mol. The lowest BCUT2D eigenvalue weighted by atomic mass is 9.88. The van der Waals surface area contributed by atoms with E-state index in [1.807, 2.05) is 6.07 Å². The van der Waals surface area contributed by atoms with Gasteiger partial charge in [0.2, 0.25) is 0 Å². The summed E-state index contributed by atoms with van der Waals surface area (Å²) in [6, 6.07) is 4.90. The van der Waals surface area contributed by atoms with Crippen molar-refractivity contribution < 1.29 is 9.66 Å². The van der Waals surface area contributed by atoms with Gasteiger partial charge in [0.25, 0.3) is 5.69 Å². The summed E-state index contributed by atoms with van der Waals surface area (Å²) >= 11 is 0. The van der Waals surface area contributed by atoms with Gasteiger partial charge < -0.3 is 10.5 Å². The van der Waals surface area contributed by atoms with Crippen LogP contribution in [0.15, 0.2) is 18.2 Å². The summed E-state index contributed by atoms with van der Waals surface area (Å²) in [7, 11) is 1.52. The first-order valence-electron chi connectivity index (χ1n) is 7.07. The molecule has 5 heteroatoms. The Kier molecular flexibility index (Phi) is 4.28. The molecule has 0 heterocycles. The molecule has 1 aromatic carbocycles. The van der Waals surface area contributed by atoms with E-state index in [2.05, 4.69) is 6.92 Å². The zero-order chi connectivity index (χ0) is 14.8. The number of hydrogen-bond donors (Lipinski definition) is 1. The molecule has 20 heavy (non-hydrogen) atoms. The summed E-state index contributed by atoms with van der Waals surface area (Å²) in [5, 5.41) is 11.0. The zero-order valence-electron chi connectivity index (χ0n) is 12.1. The SMILES string of the molecule is CCC1CCC(N)(Cc2cc(OC)cc([N+](=O)[O-])c2)C1. The van der Waals surface area contributed by atoms with E-state index < -0.39 is 4.92 Å². The molecule has 1 aromatic rings. The van der Waals surface area contributed by atoms with E-state index in [1.54, 1.807) is 6.07 Å². The standard InChI is InChI=1S/C15H22N2O3/c1-3-11-4-5-15(16,9-11)10-12-6-13(17(18)19)8-14(7-12)20-2/h6-8,11H,3-5,9-10,16H2,1-2H3. The highest BCUT2D eigenvalue weighted by atomic mass is 16.6. The van der Waals surface area contributed by atoms with Gasteiger partial charge in [-0.15, -0.1) is 0 Å². The molecule has 1 fully saturated rings. The zero-order valence-corrected chi connectivity index (χ0v) is 12.1. The molecule has 2 N–H and O–H groups in total. The van der Waals surface area contributed by atoms with Gasteiger partial charge >= 0.3 is 0 Å². The van der Waals surface area contributed by atoms with E-state index >= 15 is 0 Å². The maximum atomic E-state index is 11.0. The molecule has 110 valence electrons. The van der Waals surface area contributed by atoms with E-state index in [1.165, 1.54) is 13.2 Å². The van der Waals surface area contributed by atoms with Crippen molar-refractivity contribution in [3.05, 3.63) is 33.9 Å². The molecule has 0 aromatic heterocycles. The van der Waals surface area contributed by atoms with Crippen molar-refractivity contribution in [1.82, 2.24) is 0 Å². The normalized spacial score (nSPS) is 25.6. The predicted molar refractivity (Wildman–Crippen MR) is 77.9 cm³/mol. The Morgan fingerprint density at radius 1 is 1.50 bits per heavy atom. The van der Waals surface area contributed by atoms with Crippen molar-refractivity contribution in [3.63, 3.8) is 0 Å². The van der Waals surface area contributed by atoms with Gasteiger partial charge in [-0.25, -0.2) is 0 Å². The van der Waals surface area contributed by atoms with Gasteiger partial charge in [0.05, 0.1) is 18.1 Å². The summed E-state index contributed by atoms with van der Waals surface area (Å²) in [6.45, 7) is 2.19. The first-order chi connectivity index (χ1) is 9.45. The lowest BCUT2D eigenvalue weighted by Gasteiger charge is -2.24. The van der Waals surface area contributed by atoms with Gasteiger partial charge in [-0.3, -0.25) is 10.1 Å². The largest absolute Gasteiger partial charge is 0.496 e. The van der Waals surface area contributed by atoms with E-state index in [-0.39, 0.29) is 11.2 Å². The molecule has 1 aliphatic rings. The summed E-state index contributed by atoms with van der Waals surface area (Å²) < 4.78 is 5.14. The molecule has 0 spiro atoms. The Labute approximate surface area is 119 Å². The quantitative estimate of drug-likeness (QED) is 0.663. The second kappa shape index (κ2) is 5.79. The summed E-state index contributed by atoms with van der Waals surface area (Å²) in [4.78, 5) is 10.6. The fraction of sp³-hybridized carbons (Fsp3) is 0.600. The third kappa shape index (κ3) is 3.28. The van der Waals surface area contributed by atoms with Crippen molar-refractivity contribution in [3.8, 4) is 5.75 Å². The van der Waals surface area contributed by atoms with Crippen LogP contribution >= 0.6 is 0 Å². The third-order valence-electron chi connectivity index (χ3n) is 4.28. The van der Waals surface area contributed by atoms with Gasteiger partial charge in [-0.2, -0.15) is 0 Å². The number of non-ortho nitro benzene ring substituents is 1. The number of nitro benzene ring substituents is 1. The van der Waals surface area contributed by atoms with Crippen molar-refractivity contribution in [1.29, 1.82) is 0 Å². The fourth-order valence-corrected chi connectivity index (χ4v) is 3.15. The van der Waals surface area contributed by atoms with Gasteiger partial charge in [0.1, 0.15) is 5.75 Å². The van der Waals surface area contributed by atoms with Crippen molar-refractivity contribution in [2.24, 2.45) is 11.7 Å². The number of hydrogen-bond acceptors (Lipinski definition) is 4. The Hall–Kier alpha value is -1.62. The molecule has 1 saturated carbocycles. The molecule has 2 rings (SSSR count). The van der Waals surface area contributed by atoms with Gasteiger partial charge in [-0.05, 0) is 43.2 Å². The van der Waals surface area contributed by atoms with Crippen LogP contribution in [0.25, 0.3) is 0 Å². The van der Waals surface area contributed by atoms with Crippen molar-refractivity contribution in [2.45, 2.75) is 44.6 Å². The lowest BCUT2D eigenvalue weighted by Crippen LogP contribution is -2.39. The van der Waals surface area contributed by atoms with Crippen LogP contribution in [0.4, 0.5) is 5.69 Å². The Morgan fingerprint density at radius 3 is 2.80 bits per heavy atom. The molecule has 0 bridgehead atoms. The molecule has 2 unspecified atom stereocenters. The molecule has 0 saturated heterocycles. The monoisotopic (exact) mass is 278 g/mol. The molecule has 0 aliphatic heterocycles. The maximum absolute atomic E-state index is 11.0. The van der Waals surface area contributed by atoms with Gasteiger partial charge in [0, 0.05) is 11.6 Å². The van der Waals surface area contributed by atoms with E-state index in [9.17, 15) is 10.1 Å². The Morgan fingerprint density at radius 2 is 2.25 bits per heavy atom. The molecule has 0 amide bonds. The molecule has 1 aliphatic carbocycles. The van der Waals surface area contributed by atoms with Gasteiger partial charge in [-0.1, -0.05) is 13.3 Å². The lowest BCUT2D eigenvalue weighted by molar-refractivity contribution is -0.385. The highest BCUT2D eigenvalue weighted by molar-refractivity contribution is 5.43. The highest BCUT2D eigenvalue weighted by Gasteiger charge is 2.35. The first kappa shape index (κ1) is 14.8. The second-order valence-corrected chi connectivity index (χ2v) is 5.85. The topological polar surface area (TPSA) is 78.4 Å². The second-order valence-electron chi connectivity index (χ2n) is 5.85. The van der Waals surface area contributed by atoms with Crippen LogP contribution in [0.3, 0.4) is 0 Å². The number of benzene rings is 1. The fourth-order valence-electron chi connectivity index (χ4n) is 3.15. The number of rotatable bonds is 5. The average molecular weight is 278 g/mol. The smallest absolute Gasteiger partial charge is 0.273 e. The van der Waals surface area contributed by atoms with Crippen molar-refractivity contribution >= 4 is 5.69 Å². The maximum Gasteiger partial charge on any atom is 0.273 e. The number of nitro groups is 1. The first-order valence-corrected chi connectivity index (χ1v) is 7.07. The summed E-state index contributed by atoms with van der Waals surface area (Å²) in [6.07, 6.45) is 4.95. The van der Waals surface area contributed by atoms with Crippen LogP contribution in [0.1, 0.15) is 38.2 Å². The average Bonchev–Trinajstić information content (AvgIpc) is 2.79. The minimum atomic E-state index is -0.390. The number of nitrogens with zero attached hydrogens (tertiary/aromatic N) is 1. The van der Waals surface area contributed by atoms with Crippen molar-refractivity contribution in [2.75, 3.05) is 7.11 Å². The Balaban J connectivity index is 2.20. The number of nitrogens with two attached hydrogens (primary N) is 1. The minimum Gasteiger partial charge on any atom is -0.496 e. The highest BCUT2D eigenvalue weighted by Crippen LogP contribution is 2.37. The van der Waals surface area contributed by atoms with E-state index in [4.69, 9.17) is 10.5 Å². The van der Waals surface area contributed by atoms with Gasteiger partial charge in [0.15, 0.2) is 0 Å². The van der Waals surface area contributed by atoms with Crippen LogP contribution in [0.5, 0.6) is 5.75 Å². The molecular formula is C15H22N2O3. The summed E-state index contributed by atoms with van der Waals surface area (Å²) in [5.41, 5.74) is 7.18. The molecule has 5 nitrogen and oxygen atoms in total. The number of methoxy groups -OCH3 is 1. The van der Waals surface area contributed by atoms with E-state index in [0.717, 1.165) is 31.2 Å². The molecule has 2 atom stereocenters. The van der Waals surface area contributed by atoms with Crippen LogP contribution in [-0.4, -0.2) is 17.6 Å².